The van der Waals surface area contributed by atoms with E-state index in [4.69, 9.17) is 11.0 Å². The maximum Gasteiger partial charge on any atom is 0.103 e. The Hall–Kier alpha value is -1.05. The van der Waals surface area contributed by atoms with Gasteiger partial charge in [0.1, 0.15) is 6.07 Å². The number of nitriles is 1. The van der Waals surface area contributed by atoms with Gasteiger partial charge in [-0.1, -0.05) is 6.07 Å². The van der Waals surface area contributed by atoms with Crippen LogP contribution in [-0.2, 0) is 0 Å². The van der Waals surface area contributed by atoms with Crippen LogP contribution in [-0.4, -0.2) is 12.1 Å². The van der Waals surface area contributed by atoms with Crippen molar-refractivity contribution >= 4 is 21.6 Å². The van der Waals surface area contributed by atoms with E-state index >= 15 is 0 Å². The summed E-state index contributed by atoms with van der Waals surface area (Å²) in [6.07, 6.45) is 0. The number of nitrogens with two attached hydrogens (primary N) is 1. The molecule has 80 valence electrons. The number of hydrogen-bond donors (Lipinski definition) is 2. The molecule has 3 N–H and O–H groups in total. The third kappa shape index (κ3) is 2.95. The Balaban J connectivity index is 3.06. The van der Waals surface area contributed by atoms with Gasteiger partial charge in [0.05, 0.1) is 11.3 Å². The topological polar surface area (TPSA) is 61.8 Å². The Morgan fingerprint density at radius 1 is 1.53 bits per heavy atom. The summed E-state index contributed by atoms with van der Waals surface area (Å²) >= 11 is 3.34. The number of rotatable bonds is 3. The maximum atomic E-state index is 9.02. The van der Waals surface area contributed by atoms with Gasteiger partial charge in [-0.2, -0.15) is 5.26 Å². The van der Waals surface area contributed by atoms with E-state index in [1.54, 1.807) is 0 Å². The van der Waals surface area contributed by atoms with Gasteiger partial charge in [-0.25, -0.2) is 0 Å². The van der Waals surface area contributed by atoms with Crippen molar-refractivity contribution in [3.8, 4) is 6.07 Å². The van der Waals surface area contributed by atoms with Gasteiger partial charge in [-0.3, -0.25) is 0 Å². The van der Waals surface area contributed by atoms with Crippen molar-refractivity contribution in [2.75, 3.05) is 11.9 Å². The van der Waals surface area contributed by atoms with Crippen LogP contribution in [0, 0.1) is 11.3 Å². The first kappa shape index (κ1) is 12.0. The van der Waals surface area contributed by atoms with E-state index in [0.29, 0.717) is 12.1 Å². The summed E-state index contributed by atoms with van der Waals surface area (Å²) in [6.45, 7) is 4.49. The second kappa shape index (κ2) is 4.65. The van der Waals surface area contributed by atoms with E-state index in [1.165, 1.54) is 0 Å². The minimum atomic E-state index is -0.216. The Bertz CT molecular complexity index is 393. The van der Waals surface area contributed by atoms with Crippen molar-refractivity contribution in [1.82, 2.24) is 0 Å². The van der Waals surface area contributed by atoms with E-state index in [0.717, 1.165) is 10.2 Å². The minimum absolute atomic E-state index is 0.216. The second-order valence-corrected chi connectivity index (χ2v) is 4.84. The van der Waals surface area contributed by atoms with Crippen molar-refractivity contribution in [2.45, 2.75) is 19.4 Å². The maximum absolute atomic E-state index is 9.02. The molecule has 0 fully saturated rings. The predicted octanol–water partition coefficient (Wildman–Crippen LogP) is 2.47. The lowest BCUT2D eigenvalue weighted by Gasteiger charge is -2.26. The van der Waals surface area contributed by atoms with Gasteiger partial charge in [-0.05, 0) is 41.9 Å². The van der Waals surface area contributed by atoms with Crippen molar-refractivity contribution in [3.05, 3.63) is 28.2 Å². The lowest BCUT2D eigenvalue weighted by Crippen LogP contribution is -2.39. The highest BCUT2D eigenvalue weighted by Crippen LogP contribution is 2.25. The molecular formula is C11H14BrN3. The molecule has 0 bridgehead atoms. The van der Waals surface area contributed by atoms with Gasteiger partial charge in [-0.15, -0.1) is 0 Å². The molecular weight excluding hydrogens is 254 g/mol. The van der Waals surface area contributed by atoms with E-state index in [1.807, 2.05) is 32.0 Å². The fraction of sp³-hybridized carbons (Fsp3) is 0.364. The molecule has 0 saturated carbocycles. The third-order valence-electron chi connectivity index (χ3n) is 2.11. The molecule has 4 heteroatoms. The highest BCUT2D eigenvalue weighted by Gasteiger charge is 2.17. The van der Waals surface area contributed by atoms with Crippen LogP contribution in [0.4, 0.5) is 5.69 Å². The molecule has 0 atom stereocenters. The molecule has 0 aliphatic carbocycles. The molecule has 15 heavy (non-hydrogen) atoms. The molecule has 0 aromatic heterocycles. The largest absolute Gasteiger partial charge is 0.378 e. The summed E-state index contributed by atoms with van der Waals surface area (Å²) in [5, 5.41) is 12.3. The Labute approximate surface area is 98.4 Å². The van der Waals surface area contributed by atoms with Crippen LogP contribution in [0.2, 0.25) is 0 Å². The standard InChI is InChI=1S/C11H14BrN3/c1-11(2,7-14)15-10-5-3-4-9(12)8(10)6-13/h3-5,15H,7,14H2,1-2H3. The number of nitrogens with one attached hydrogen (secondary N) is 1. The molecule has 0 spiro atoms. The lowest BCUT2D eigenvalue weighted by atomic mass is 10.0. The van der Waals surface area contributed by atoms with Crippen molar-refractivity contribution in [2.24, 2.45) is 5.73 Å². The van der Waals surface area contributed by atoms with Gasteiger partial charge in [0.25, 0.3) is 0 Å². The van der Waals surface area contributed by atoms with Crippen molar-refractivity contribution in [3.63, 3.8) is 0 Å². The van der Waals surface area contributed by atoms with Crippen molar-refractivity contribution in [1.29, 1.82) is 5.26 Å². The van der Waals surface area contributed by atoms with Gasteiger partial charge >= 0.3 is 0 Å². The van der Waals surface area contributed by atoms with Gasteiger partial charge in [0.15, 0.2) is 0 Å². The molecule has 1 rings (SSSR count). The highest BCUT2D eigenvalue weighted by atomic mass is 79.9. The summed E-state index contributed by atoms with van der Waals surface area (Å²) in [7, 11) is 0. The van der Waals surface area contributed by atoms with Crippen LogP contribution >= 0.6 is 15.9 Å². The summed E-state index contributed by atoms with van der Waals surface area (Å²) in [5.74, 6) is 0. The molecule has 0 aliphatic rings. The van der Waals surface area contributed by atoms with Crippen LogP contribution in [0.15, 0.2) is 22.7 Å². The van der Waals surface area contributed by atoms with Crippen molar-refractivity contribution < 1.29 is 0 Å². The van der Waals surface area contributed by atoms with Crippen LogP contribution in [0.1, 0.15) is 19.4 Å². The summed E-state index contributed by atoms with van der Waals surface area (Å²) in [5.41, 5.74) is 6.83. The number of anilines is 1. The molecule has 0 amide bonds. The molecule has 0 aliphatic heterocycles. The first-order valence-electron chi connectivity index (χ1n) is 4.67. The van der Waals surface area contributed by atoms with Gasteiger partial charge < -0.3 is 11.1 Å². The van der Waals surface area contributed by atoms with Crippen LogP contribution in [0.3, 0.4) is 0 Å². The number of halogens is 1. The Morgan fingerprint density at radius 3 is 2.73 bits per heavy atom. The molecule has 1 aromatic rings. The van der Waals surface area contributed by atoms with Crippen LogP contribution < -0.4 is 11.1 Å². The second-order valence-electron chi connectivity index (χ2n) is 3.99. The first-order valence-corrected chi connectivity index (χ1v) is 5.46. The van der Waals surface area contributed by atoms with Gasteiger partial charge in [0.2, 0.25) is 0 Å². The highest BCUT2D eigenvalue weighted by molar-refractivity contribution is 9.10. The predicted molar refractivity (Wildman–Crippen MR) is 65.6 cm³/mol. The molecule has 0 saturated heterocycles. The summed E-state index contributed by atoms with van der Waals surface area (Å²) in [4.78, 5) is 0. The average molecular weight is 268 g/mol. The SMILES string of the molecule is CC(C)(CN)Nc1cccc(Br)c1C#N. The molecule has 1 aromatic carbocycles. The zero-order chi connectivity index (χ0) is 11.5. The fourth-order valence-electron chi connectivity index (χ4n) is 1.16. The number of hydrogen-bond acceptors (Lipinski definition) is 3. The Morgan fingerprint density at radius 2 is 2.20 bits per heavy atom. The summed E-state index contributed by atoms with van der Waals surface area (Å²) < 4.78 is 0.794. The quantitative estimate of drug-likeness (QED) is 0.885. The average Bonchev–Trinajstić information content (AvgIpc) is 2.18. The fourth-order valence-corrected chi connectivity index (χ4v) is 1.61. The molecule has 0 heterocycles. The third-order valence-corrected chi connectivity index (χ3v) is 2.77. The Kier molecular flexibility index (Phi) is 3.72. The van der Waals surface area contributed by atoms with E-state index in [9.17, 15) is 0 Å². The van der Waals surface area contributed by atoms with E-state index < -0.39 is 0 Å². The van der Waals surface area contributed by atoms with Crippen LogP contribution in [0.25, 0.3) is 0 Å². The number of benzene rings is 1. The number of nitrogens with zero attached hydrogens (tertiary/aromatic N) is 1. The van der Waals surface area contributed by atoms with Gasteiger partial charge in [0, 0.05) is 16.6 Å². The first-order chi connectivity index (χ1) is 7.00. The van der Waals surface area contributed by atoms with E-state index in [-0.39, 0.29) is 5.54 Å². The van der Waals surface area contributed by atoms with E-state index in [2.05, 4.69) is 27.3 Å². The zero-order valence-electron chi connectivity index (χ0n) is 8.84. The lowest BCUT2D eigenvalue weighted by molar-refractivity contribution is 0.580. The monoisotopic (exact) mass is 267 g/mol. The molecule has 3 nitrogen and oxygen atoms in total. The summed E-state index contributed by atoms with van der Waals surface area (Å²) in [6, 6.07) is 7.77. The molecule has 0 radical (unpaired) electrons. The zero-order valence-corrected chi connectivity index (χ0v) is 10.4. The molecule has 0 unspecified atom stereocenters. The minimum Gasteiger partial charge on any atom is -0.378 e. The smallest absolute Gasteiger partial charge is 0.103 e. The van der Waals surface area contributed by atoms with Crippen LogP contribution in [0.5, 0.6) is 0 Å². The normalized spacial score (nSPS) is 10.9.